The number of piperidine rings is 1. The van der Waals surface area contributed by atoms with Gasteiger partial charge in [-0.15, -0.1) is 0 Å². The van der Waals surface area contributed by atoms with Crippen molar-refractivity contribution in [3.8, 4) is 5.75 Å². The van der Waals surface area contributed by atoms with Crippen LogP contribution in [0.15, 0.2) is 18.5 Å². The standard InChI is InChI=1S/C12H16F2N2O/c13-12(14)17-11-4-5-15-8-10(11)9-16-6-2-1-3-7-16/h4-5,8,12H,1-3,6-7,9H2. The van der Waals surface area contributed by atoms with Gasteiger partial charge >= 0.3 is 6.61 Å². The molecule has 2 heterocycles. The second kappa shape index (κ2) is 5.91. The molecule has 17 heavy (non-hydrogen) atoms. The van der Waals surface area contributed by atoms with E-state index in [-0.39, 0.29) is 5.75 Å². The van der Waals surface area contributed by atoms with Gasteiger partial charge in [-0.25, -0.2) is 0 Å². The maximum absolute atomic E-state index is 12.2. The molecule has 1 aliphatic rings. The molecular weight excluding hydrogens is 226 g/mol. The van der Waals surface area contributed by atoms with Crippen LogP contribution >= 0.6 is 0 Å². The summed E-state index contributed by atoms with van der Waals surface area (Å²) in [6.45, 7) is -0.112. The zero-order valence-electron chi connectivity index (χ0n) is 9.61. The summed E-state index contributed by atoms with van der Waals surface area (Å²) in [7, 11) is 0. The van der Waals surface area contributed by atoms with Crippen LogP contribution in [0.5, 0.6) is 5.75 Å². The Balaban J connectivity index is 2.03. The molecule has 3 nitrogen and oxygen atoms in total. The number of halogens is 2. The van der Waals surface area contributed by atoms with E-state index >= 15 is 0 Å². The van der Waals surface area contributed by atoms with E-state index in [9.17, 15) is 8.78 Å². The summed E-state index contributed by atoms with van der Waals surface area (Å²) >= 11 is 0. The quantitative estimate of drug-likeness (QED) is 0.811. The van der Waals surface area contributed by atoms with Gasteiger partial charge in [0.05, 0.1) is 0 Å². The number of likely N-dealkylation sites (tertiary alicyclic amines) is 1. The van der Waals surface area contributed by atoms with Gasteiger partial charge in [0.15, 0.2) is 0 Å². The fraction of sp³-hybridized carbons (Fsp3) is 0.583. The van der Waals surface area contributed by atoms with E-state index in [4.69, 9.17) is 0 Å². The molecule has 5 heteroatoms. The van der Waals surface area contributed by atoms with Gasteiger partial charge < -0.3 is 4.74 Å². The zero-order chi connectivity index (χ0) is 12.1. The number of nitrogens with zero attached hydrogens (tertiary/aromatic N) is 2. The Bertz CT molecular complexity index is 354. The van der Waals surface area contributed by atoms with Crippen molar-refractivity contribution in [2.45, 2.75) is 32.4 Å². The van der Waals surface area contributed by atoms with Crippen LogP contribution in [0.1, 0.15) is 24.8 Å². The van der Waals surface area contributed by atoms with Crippen LogP contribution in [0.25, 0.3) is 0 Å². The SMILES string of the molecule is FC(F)Oc1ccncc1CN1CCCCC1. The second-order valence-electron chi connectivity index (χ2n) is 4.20. The van der Waals surface area contributed by atoms with Gasteiger partial charge in [-0.05, 0) is 32.0 Å². The van der Waals surface area contributed by atoms with Crippen LogP contribution in [-0.4, -0.2) is 29.6 Å². The topological polar surface area (TPSA) is 25.4 Å². The van der Waals surface area contributed by atoms with E-state index in [2.05, 4.69) is 14.6 Å². The molecule has 1 saturated heterocycles. The number of alkyl halides is 2. The number of ether oxygens (including phenoxy) is 1. The van der Waals surface area contributed by atoms with E-state index in [1.54, 1.807) is 6.20 Å². The lowest BCUT2D eigenvalue weighted by molar-refractivity contribution is -0.0508. The van der Waals surface area contributed by atoms with Crippen molar-refractivity contribution in [2.24, 2.45) is 0 Å². The minimum atomic E-state index is -2.78. The molecule has 94 valence electrons. The van der Waals surface area contributed by atoms with E-state index in [0.29, 0.717) is 6.54 Å². The summed E-state index contributed by atoms with van der Waals surface area (Å²) in [5.41, 5.74) is 0.731. The van der Waals surface area contributed by atoms with Crippen molar-refractivity contribution < 1.29 is 13.5 Å². The lowest BCUT2D eigenvalue weighted by atomic mass is 10.1. The lowest BCUT2D eigenvalue weighted by Crippen LogP contribution is -2.29. The van der Waals surface area contributed by atoms with Gasteiger partial charge in [0, 0.05) is 24.5 Å². The Labute approximate surface area is 99.4 Å². The van der Waals surface area contributed by atoms with Crippen molar-refractivity contribution in [1.82, 2.24) is 9.88 Å². The predicted octanol–water partition coefficient (Wildman–Crippen LogP) is 2.67. The van der Waals surface area contributed by atoms with Gasteiger partial charge in [-0.2, -0.15) is 8.78 Å². The Morgan fingerprint density at radius 1 is 1.29 bits per heavy atom. The molecule has 1 aromatic rings. The number of hydrogen-bond acceptors (Lipinski definition) is 3. The highest BCUT2D eigenvalue weighted by molar-refractivity contribution is 5.30. The molecule has 0 aliphatic carbocycles. The van der Waals surface area contributed by atoms with Crippen LogP contribution in [0.4, 0.5) is 8.78 Å². The first-order valence-corrected chi connectivity index (χ1v) is 5.86. The molecule has 0 aromatic carbocycles. The second-order valence-corrected chi connectivity index (χ2v) is 4.20. The summed E-state index contributed by atoms with van der Waals surface area (Å²) in [4.78, 5) is 6.22. The third-order valence-electron chi connectivity index (χ3n) is 2.92. The van der Waals surface area contributed by atoms with Gasteiger partial charge in [-0.1, -0.05) is 6.42 Å². The molecule has 0 saturated carbocycles. The van der Waals surface area contributed by atoms with Gasteiger partial charge in [0.1, 0.15) is 5.75 Å². The molecule has 1 aliphatic heterocycles. The van der Waals surface area contributed by atoms with Gasteiger partial charge in [0.2, 0.25) is 0 Å². The Hall–Kier alpha value is -1.23. The number of rotatable bonds is 4. The molecule has 0 spiro atoms. The fourth-order valence-corrected chi connectivity index (χ4v) is 2.10. The Morgan fingerprint density at radius 3 is 2.76 bits per heavy atom. The van der Waals surface area contributed by atoms with E-state index in [1.165, 1.54) is 31.5 Å². The highest BCUT2D eigenvalue weighted by Gasteiger charge is 2.15. The fourth-order valence-electron chi connectivity index (χ4n) is 2.10. The molecule has 0 amide bonds. The van der Waals surface area contributed by atoms with Crippen LogP contribution < -0.4 is 4.74 Å². The van der Waals surface area contributed by atoms with E-state index in [0.717, 1.165) is 18.7 Å². The molecular formula is C12H16F2N2O. The summed E-state index contributed by atoms with van der Waals surface area (Å²) in [6.07, 6.45) is 6.67. The van der Waals surface area contributed by atoms with E-state index < -0.39 is 6.61 Å². The van der Waals surface area contributed by atoms with Crippen LogP contribution in [0.3, 0.4) is 0 Å². The predicted molar refractivity (Wildman–Crippen MR) is 60.0 cm³/mol. The molecule has 2 rings (SSSR count). The van der Waals surface area contributed by atoms with Crippen molar-refractivity contribution in [3.63, 3.8) is 0 Å². The molecule has 1 fully saturated rings. The van der Waals surface area contributed by atoms with Gasteiger partial charge in [0.25, 0.3) is 0 Å². The molecule has 0 N–H and O–H groups in total. The Kier molecular flexibility index (Phi) is 4.25. The van der Waals surface area contributed by atoms with Gasteiger partial charge in [-0.3, -0.25) is 9.88 Å². The number of hydrogen-bond donors (Lipinski definition) is 0. The van der Waals surface area contributed by atoms with Crippen LogP contribution in [0, 0.1) is 0 Å². The summed E-state index contributed by atoms with van der Waals surface area (Å²) in [5, 5.41) is 0. The smallest absolute Gasteiger partial charge is 0.387 e. The highest BCUT2D eigenvalue weighted by Crippen LogP contribution is 2.22. The zero-order valence-corrected chi connectivity index (χ0v) is 9.61. The average molecular weight is 242 g/mol. The molecule has 0 atom stereocenters. The van der Waals surface area contributed by atoms with Crippen molar-refractivity contribution in [2.75, 3.05) is 13.1 Å². The van der Waals surface area contributed by atoms with Crippen molar-refractivity contribution in [1.29, 1.82) is 0 Å². The normalized spacial score (nSPS) is 17.4. The summed E-state index contributed by atoms with van der Waals surface area (Å²) in [6, 6.07) is 1.49. The molecule has 0 radical (unpaired) electrons. The third kappa shape index (κ3) is 3.63. The minimum Gasteiger partial charge on any atom is -0.434 e. The van der Waals surface area contributed by atoms with Crippen LogP contribution in [0.2, 0.25) is 0 Å². The largest absolute Gasteiger partial charge is 0.434 e. The summed E-state index contributed by atoms with van der Waals surface area (Å²) in [5.74, 6) is 0.237. The molecule has 0 bridgehead atoms. The molecule has 1 aromatic heterocycles. The summed E-state index contributed by atoms with van der Waals surface area (Å²) < 4.78 is 28.9. The van der Waals surface area contributed by atoms with Crippen molar-refractivity contribution in [3.05, 3.63) is 24.0 Å². The maximum Gasteiger partial charge on any atom is 0.387 e. The average Bonchev–Trinajstić information content (AvgIpc) is 2.32. The highest BCUT2D eigenvalue weighted by atomic mass is 19.3. The first kappa shape index (κ1) is 12.2. The van der Waals surface area contributed by atoms with Crippen molar-refractivity contribution >= 4 is 0 Å². The minimum absolute atomic E-state index is 0.237. The maximum atomic E-state index is 12.2. The monoisotopic (exact) mass is 242 g/mol. The van der Waals surface area contributed by atoms with Crippen LogP contribution in [-0.2, 0) is 6.54 Å². The number of aromatic nitrogens is 1. The first-order chi connectivity index (χ1) is 8.25. The number of pyridine rings is 1. The van der Waals surface area contributed by atoms with E-state index in [1.807, 2.05) is 0 Å². The Morgan fingerprint density at radius 2 is 2.06 bits per heavy atom. The lowest BCUT2D eigenvalue weighted by Gasteiger charge is -2.26. The molecule has 0 unspecified atom stereocenters. The first-order valence-electron chi connectivity index (χ1n) is 5.86. The third-order valence-corrected chi connectivity index (χ3v) is 2.92.